The van der Waals surface area contributed by atoms with Gasteiger partial charge in [0.05, 0.1) is 0 Å². The molecule has 4 N–H and O–H groups in total. The average molecular weight is 503 g/mol. The predicted molar refractivity (Wildman–Crippen MR) is 130 cm³/mol. The molecule has 0 fully saturated rings. The molecule has 0 rings (SSSR count). The van der Waals surface area contributed by atoms with Crippen LogP contribution in [0.1, 0.15) is 60.3 Å². The molecule has 12 heteroatoms. The van der Waals surface area contributed by atoms with E-state index in [9.17, 15) is 29.1 Å². The third-order valence-electron chi connectivity index (χ3n) is 6.00. The van der Waals surface area contributed by atoms with Gasteiger partial charge in [-0.25, -0.2) is 4.79 Å². The molecule has 11 nitrogen and oxygen atoms in total. The summed E-state index contributed by atoms with van der Waals surface area (Å²) >= 11 is 0. The van der Waals surface area contributed by atoms with Crippen molar-refractivity contribution in [3.63, 3.8) is 0 Å². The van der Waals surface area contributed by atoms with Crippen LogP contribution in [0.5, 0.6) is 0 Å². The zero-order valence-electron chi connectivity index (χ0n) is 21.8. The number of carbonyl (C=O) groups is 5. The second-order valence-electron chi connectivity index (χ2n) is 9.76. The van der Waals surface area contributed by atoms with Gasteiger partial charge in [0.1, 0.15) is 0 Å². The number of nitrogens with one attached hydrogen (secondary N) is 3. The summed E-state index contributed by atoms with van der Waals surface area (Å²) in [6, 6.07) is 0. The van der Waals surface area contributed by atoms with Crippen molar-refractivity contribution in [1.29, 1.82) is 0 Å². The second kappa shape index (κ2) is 13.4. The normalized spacial score (nSPS) is 13.4. The molecule has 0 heterocycles. The summed E-state index contributed by atoms with van der Waals surface area (Å²) in [6.07, 6.45) is 0.165. The number of nitrogens with zero attached hydrogens (tertiary/aromatic N) is 1. The molecule has 0 aromatic carbocycles. The second-order valence-corrected chi connectivity index (χ2v) is 14.5. The standard InChI is InChI=1S/C22H42N4O7Si/c1-9-16(27)24-14-15-25-18(29)11-10-17(28)23-13-12-19(30)26(6)22(5,20(31)32)33-34(7,8)21(2,3)4/h9-15H2,1-8H3,(H,23,28)(H,24,27)(H,25,29)(H,31,32). The Labute approximate surface area is 203 Å². The van der Waals surface area contributed by atoms with Crippen LogP contribution in [0.15, 0.2) is 0 Å². The molecule has 34 heavy (non-hydrogen) atoms. The fraction of sp³-hybridized carbons (Fsp3) is 0.773. The lowest BCUT2D eigenvalue weighted by atomic mass is 10.2. The van der Waals surface area contributed by atoms with E-state index in [1.165, 1.54) is 14.0 Å². The maximum absolute atomic E-state index is 12.6. The molecule has 0 bridgehead atoms. The van der Waals surface area contributed by atoms with Crippen molar-refractivity contribution in [2.24, 2.45) is 0 Å². The summed E-state index contributed by atoms with van der Waals surface area (Å²) in [7, 11) is -1.13. The topological polar surface area (TPSA) is 154 Å². The minimum absolute atomic E-state index is 0.00245. The van der Waals surface area contributed by atoms with E-state index in [4.69, 9.17) is 4.43 Å². The predicted octanol–water partition coefficient (Wildman–Crippen LogP) is 1.20. The highest BCUT2D eigenvalue weighted by Gasteiger charge is 2.49. The van der Waals surface area contributed by atoms with Crippen LogP contribution in [0.4, 0.5) is 0 Å². The summed E-state index contributed by atoms with van der Waals surface area (Å²) in [5.41, 5.74) is -1.83. The van der Waals surface area contributed by atoms with Gasteiger partial charge in [0.25, 0.3) is 0 Å². The van der Waals surface area contributed by atoms with Crippen molar-refractivity contribution in [2.75, 3.05) is 26.7 Å². The van der Waals surface area contributed by atoms with E-state index in [-0.39, 0.29) is 49.2 Å². The van der Waals surface area contributed by atoms with Crippen molar-refractivity contribution >= 4 is 37.9 Å². The number of amides is 4. The van der Waals surface area contributed by atoms with Gasteiger partial charge in [-0.05, 0) is 25.1 Å². The van der Waals surface area contributed by atoms with E-state index >= 15 is 0 Å². The fourth-order valence-corrected chi connectivity index (χ4v) is 4.08. The summed E-state index contributed by atoms with van der Waals surface area (Å²) in [5.74, 6) is -2.59. The van der Waals surface area contributed by atoms with Gasteiger partial charge in [0, 0.05) is 52.4 Å². The Kier molecular flexibility index (Phi) is 12.4. The van der Waals surface area contributed by atoms with Crippen LogP contribution in [0.2, 0.25) is 18.1 Å². The van der Waals surface area contributed by atoms with Crippen LogP contribution in [-0.4, -0.2) is 80.3 Å². The minimum Gasteiger partial charge on any atom is -0.478 e. The molecule has 0 aliphatic carbocycles. The highest BCUT2D eigenvalue weighted by atomic mass is 28.4. The minimum atomic E-state index is -2.51. The summed E-state index contributed by atoms with van der Waals surface area (Å²) in [6.45, 7) is 13.4. The first-order valence-corrected chi connectivity index (χ1v) is 14.4. The molecule has 1 atom stereocenters. The van der Waals surface area contributed by atoms with Crippen LogP contribution in [-0.2, 0) is 28.4 Å². The van der Waals surface area contributed by atoms with Crippen molar-refractivity contribution in [1.82, 2.24) is 20.9 Å². The molecule has 0 aromatic heterocycles. The van der Waals surface area contributed by atoms with Gasteiger partial charge < -0.3 is 30.4 Å². The lowest BCUT2D eigenvalue weighted by Crippen LogP contribution is -2.61. The Bertz CT molecular complexity index is 752. The van der Waals surface area contributed by atoms with Gasteiger partial charge in [0.2, 0.25) is 29.4 Å². The average Bonchev–Trinajstić information content (AvgIpc) is 2.72. The summed E-state index contributed by atoms with van der Waals surface area (Å²) in [4.78, 5) is 60.6. The van der Waals surface area contributed by atoms with Gasteiger partial charge in [-0.3, -0.25) is 19.2 Å². The van der Waals surface area contributed by atoms with E-state index in [0.717, 1.165) is 4.90 Å². The molecular weight excluding hydrogens is 460 g/mol. The first kappa shape index (κ1) is 31.5. The van der Waals surface area contributed by atoms with Crippen LogP contribution < -0.4 is 16.0 Å². The molecule has 0 aromatic rings. The quantitative estimate of drug-likeness (QED) is 0.158. The molecule has 0 aliphatic heterocycles. The first-order valence-electron chi connectivity index (χ1n) is 11.5. The van der Waals surface area contributed by atoms with E-state index in [0.29, 0.717) is 13.0 Å². The van der Waals surface area contributed by atoms with Crippen LogP contribution in [0.25, 0.3) is 0 Å². The Hall–Kier alpha value is -2.47. The maximum Gasteiger partial charge on any atom is 0.356 e. The molecule has 0 aliphatic rings. The Morgan fingerprint density at radius 1 is 0.824 bits per heavy atom. The number of aliphatic carboxylic acids is 1. The summed E-state index contributed by atoms with van der Waals surface area (Å²) < 4.78 is 6.08. The molecule has 1 unspecified atom stereocenters. The third-order valence-corrected chi connectivity index (χ3v) is 10.5. The van der Waals surface area contributed by atoms with Crippen molar-refractivity contribution in [2.45, 2.75) is 84.2 Å². The number of carbonyl (C=O) groups excluding carboxylic acids is 4. The molecule has 196 valence electrons. The van der Waals surface area contributed by atoms with Crippen molar-refractivity contribution < 1.29 is 33.5 Å². The van der Waals surface area contributed by atoms with Crippen LogP contribution in [0, 0.1) is 0 Å². The SMILES string of the molecule is CCC(=O)NCCNC(=O)CCC(=O)NCCC(=O)N(C)C(C)(O[Si](C)(C)C(C)(C)C)C(=O)O. The third kappa shape index (κ3) is 10.2. The number of carboxylic acid groups (broad SMARTS) is 1. The summed E-state index contributed by atoms with van der Waals surface area (Å²) in [5, 5.41) is 17.3. The number of carboxylic acids is 1. The van der Waals surface area contributed by atoms with E-state index in [1.54, 1.807) is 6.92 Å². The lowest BCUT2D eigenvalue weighted by Gasteiger charge is -2.45. The highest BCUT2D eigenvalue weighted by molar-refractivity contribution is 6.74. The number of hydrogen-bond donors (Lipinski definition) is 4. The zero-order valence-corrected chi connectivity index (χ0v) is 22.8. The number of rotatable bonds is 14. The van der Waals surface area contributed by atoms with E-state index < -0.39 is 31.8 Å². The van der Waals surface area contributed by atoms with E-state index in [2.05, 4.69) is 16.0 Å². The smallest absolute Gasteiger partial charge is 0.356 e. The maximum atomic E-state index is 12.6. The van der Waals surface area contributed by atoms with Crippen LogP contribution in [0.3, 0.4) is 0 Å². The fourth-order valence-electron chi connectivity index (χ4n) is 2.55. The molecule has 0 spiro atoms. The monoisotopic (exact) mass is 502 g/mol. The first-order chi connectivity index (χ1) is 15.5. The van der Waals surface area contributed by atoms with Crippen molar-refractivity contribution in [3.05, 3.63) is 0 Å². The molecule has 0 radical (unpaired) electrons. The molecular formula is C22H42N4O7Si. The van der Waals surface area contributed by atoms with Crippen LogP contribution >= 0.6 is 0 Å². The Morgan fingerprint density at radius 2 is 1.26 bits per heavy atom. The number of hydrogen-bond acceptors (Lipinski definition) is 6. The van der Waals surface area contributed by atoms with Gasteiger partial charge >= 0.3 is 5.97 Å². The Balaban J connectivity index is 4.58. The van der Waals surface area contributed by atoms with E-state index in [1.807, 2.05) is 33.9 Å². The molecule has 4 amide bonds. The molecule has 0 saturated heterocycles. The van der Waals surface area contributed by atoms with Gasteiger partial charge in [0.15, 0.2) is 8.32 Å². The lowest BCUT2D eigenvalue weighted by molar-refractivity contribution is -0.178. The largest absolute Gasteiger partial charge is 0.478 e. The van der Waals surface area contributed by atoms with Gasteiger partial charge in [-0.15, -0.1) is 0 Å². The Morgan fingerprint density at radius 3 is 1.68 bits per heavy atom. The molecule has 0 saturated carbocycles. The van der Waals surface area contributed by atoms with Crippen molar-refractivity contribution in [3.8, 4) is 0 Å². The number of likely N-dealkylation sites (N-methyl/N-ethyl adjacent to an activating group) is 1. The van der Waals surface area contributed by atoms with Gasteiger partial charge in [-0.1, -0.05) is 27.7 Å². The zero-order chi connectivity index (χ0) is 26.7. The highest BCUT2D eigenvalue weighted by Crippen LogP contribution is 2.39. The van der Waals surface area contributed by atoms with Gasteiger partial charge in [-0.2, -0.15) is 0 Å².